The lowest BCUT2D eigenvalue weighted by Gasteiger charge is -2.49. The topological polar surface area (TPSA) is 46.9 Å². The molecular formula is C46H52N2O2. The van der Waals surface area contributed by atoms with Crippen LogP contribution in [0.25, 0.3) is 43.8 Å². The second-order valence-corrected chi connectivity index (χ2v) is 19.6. The van der Waals surface area contributed by atoms with Crippen molar-refractivity contribution in [2.24, 2.45) is 21.7 Å². The normalized spacial score (nSPS) is 20.9. The maximum Gasteiger partial charge on any atom is 0.116 e. The number of rotatable bonds is 2. The Labute approximate surface area is 297 Å². The van der Waals surface area contributed by atoms with Gasteiger partial charge in [0.1, 0.15) is 11.5 Å². The third-order valence-corrected chi connectivity index (χ3v) is 12.0. The van der Waals surface area contributed by atoms with Gasteiger partial charge in [-0.25, -0.2) is 0 Å². The Bertz CT molecular complexity index is 2030. The van der Waals surface area contributed by atoms with Gasteiger partial charge in [-0.2, -0.15) is 0 Å². The first-order valence-corrected chi connectivity index (χ1v) is 18.7. The molecule has 2 N–H and O–H groups in total. The maximum absolute atomic E-state index is 11.1. The van der Waals surface area contributed by atoms with Crippen LogP contribution < -0.4 is 9.80 Å². The lowest BCUT2D eigenvalue weighted by atomic mass is 9.72. The van der Waals surface area contributed by atoms with Crippen LogP contribution in [0.4, 0.5) is 11.4 Å². The molecule has 0 amide bonds. The van der Waals surface area contributed by atoms with Crippen LogP contribution >= 0.6 is 0 Å². The molecular weight excluding hydrogens is 613 g/mol. The SMILES string of the molecule is CC1(C)Cc2cc(-c3c4ccc(O)cc4c(-c4cc5c6c(c4)CC(C)(C)CN6CC(C)(C)C5)c4ccc(O)cc34)cc3c2N(C1)CC(C)(C)C3. The molecule has 4 nitrogen and oxygen atoms in total. The molecule has 0 atom stereocenters. The summed E-state index contributed by atoms with van der Waals surface area (Å²) in [6, 6.07) is 21.6. The quantitative estimate of drug-likeness (QED) is 0.184. The van der Waals surface area contributed by atoms with E-state index in [-0.39, 0.29) is 33.2 Å². The largest absolute Gasteiger partial charge is 0.508 e. The highest BCUT2D eigenvalue weighted by Gasteiger charge is 2.41. The molecule has 5 aromatic carbocycles. The third-order valence-electron chi connectivity index (χ3n) is 12.0. The molecule has 50 heavy (non-hydrogen) atoms. The minimum absolute atomic E-state index is 0.180. The zero-order valence-electron chi connectivity index (χ0n) is 31.2. The lowest BCUT2D eigenvalue weighted by molar-refractivity contribution is 0.289. The van der Waals surface area contributed by atoms with Crippen molar-refractivity contribution >= 4 is 32.9 Å². The Morgan fingerprint density at radius 1 is 0.420 bits per heavy atom. The summed E-state index contributed by atoms with van der Waals surface area (Å²) in [6.45, 7) is 23.5. The van der Waals surface area contributed by atoms with Crippen LogP contribution in [0.2, 0.25) is 0 Å². The van der Waals surface area contributed by atoms with Crippen LogP contribution in [0.3, 0.4) is 0 Å². The highest BCUT2D eigenvalue weighted by Crippen LogP contribution is 2.52. The van der Waals surface area contributed by atoms with Gasteiger partial charge in [0.25, 0.3) is 0 Å². The summed E-state index contributed by atoms with van der Waals surface area (Å²) in [4.78, 5) is 5.30. The van der Waals surface area contributed by atoms with Gasteiger partial charge >= 0.3 is 0 Å². The van der Waals surface area contributed by atoms with Crippen LogP contribution in [0.1, 0.15) is 77.6 Å². The van der Waals surface area contributed by atoms with Gasteiger partial charge in [0.15, 0.2) is 0 Å². The molecule has 0 saturated heterocycles. The van der Waals surface area contributed by atoms with Crippen LogP contribution in [-0.2, 0) is 25.7 Å². The number of hydrogen-bond acceptors (Lipinski definition) is 4. The highest BCUT2D eigenvalue weighted by molar-refractivity contribution is 6.22. The fraction of sp³-hybridized carbons (Fsp3) is 0.435. The number of aromatic hydroxyl groups is 2. The minimum atomic E-state index is 0.180. The number of fused-ring (bicyclic) bond motifs is 2. The van der Waals surface area contributed by atoms with Crippen LogP contribution in [-0.4, -0.2) is 36.4 Å². The van der Waals surface area contributed by atoms with Crippen LogP contribution in [0.5, 0.6) is 11.5 Å². The van der Waals surface area contributed by atoms with Crippen molar-refractivity contribution in [1.82, 2.24) is 0 Å². The Hall–Kier alpha value is -4.18. The molecule has 0 saturated carbocycles. The van der Waals surface area contributed by atoms with Crippen molar-refractivity contribution in [3.05, 3.63) is 82.9 Å². The molecule has 0 aromatic heterocycles. The number of anilines is 2. The molecule has 0 unspecified atom stereocenters. The van der Waals surface area contributed by atoms with Crippen molar-refractivity contribution in [3.63, 3.8) is 0 Å². The Morgan fingerprint density at radius 2 is 0.720 bits per heavy atom. The molecule has 0 bridgehead atoms. The fourth-order valence-electron chi connectivity index (χ4n) is 10.8. The Balaban J connectivity index is 1.35. The van der Waals surface area contributed by atoms with Crippen molar-refractivity contribution in [3.8, 4) is 33.8 Å². The van der Waals surface area contributed by atoms with Crippen LogP contribution in [0.15, 0.2) is 60.7 Å². The Morgan fingerprint density at radius 3 is 1.02 bits per heavy atom. The number of nitrogens with zero attached hydrogens (tertiary/aromatic N) is 2. The van der Waals surface area contributed by atoms with Gasteiger partial charge in [0, 0.05) is 37.6 Å². The van der Waals surface area contributed by atoms with E-state index in [4.69, 9.17) is 0 Å². The second-order valence-electron chi connectivity index (χ2n) is 19.6. The summed E-state index contributed by atoms with van der Waals surface area (Å²) >= 11 is 0. The molecule has 4 aliphatic heterocycles. The van der Waals surface area contributed by atoms with E-state index in [1.165, 1.54) is 44.8 Å². The van der Waals surface area contributed by atoms with Gasteiger partial charge in [-0.05, 0) is 162 Å². The summed E-state index contributed by atoms with van der Waals surface area (Å²) in [5.74, 6) is 0.547. The number of phenols is 2. The molecule has 0 fully saturated rings. The van der Waals surface area contributed by atoms with E-state index in [2.05, 4.69) is 102 Å². The van der Waals surface area contributed by atoms with Crippen molar-refractivity contribution < 1.29 is 10.2 Å². The van der Waals surface area contributed by atoms with Gasteiger partial charge in [0.05, 0.1) is 0 Å². The molecule has 0 aliphatic carbocycles. The van der Waals surface area contributed by atoms with E-state index in [9.17, 15) is 10.2 Å². The molecule has 9 rings (SSSR count). The number of benzene rings is 5. The lowest BCUT2D eigenvalue weighted by Crippen LogP contribution is -2.48. The van der Waals surface area contributed by atoms with Crippen molar-refractivity contribution in [2.45, 2.75) is 81.1 Å². The van der Waals surface area contributed by atoms with E-state index in [0.29, 0.717) is 0 Å². The smallest absolute Gasteiger partial charge is 0.116 e. The fourth-order valence-corrected chi connectivity index (χ4v) is 10.8. The van der Waals surface area contributed by atoms with E-state index < -0.39 is 0 Å². The third kappa shape index (κ3) is 5.08. The van der Waals surface area contributed by atoms with E-state index in [1.807, 2.05) is 24.3 Å². The van der Waals surface area contributed by atoms with E-state index >= 15 is 0 Å². The summed E-state index contributed by atoms with van der Waals surface area (Å²) < 4.78 is 0. The van der Waals surface area contributed by atoms with Gasteiger partial charge in [0.2, 0.25) is 0 Å². The minimum Gasteiger partial charge on any atom is -0.508 e. The standard InChI is InChI=1S/C46H52N2O2/c1-43(2)19-29-13-27(14-30-20-44(3,4)24-47(23-43)41(29)30)39-35-11-9-34(50)18-38(35)40(36-12-10-33(49)17-37(36)39)28-15-31-21-45(5,6)25-48-26-46(7,8)22-32(16-28)42(31)48/h9-18,49-50H,19-26H2,1-8H3. The Kier molecular flexibility index (Phi) is 6.49. The summed E-state index contributed by atoms with van der Waals surface area (Å²) in [5.41, 5.74) is 14.0. The zero-order chi connectivity index (χ0) is 35.1. The molecule has 4 heterocycles. The van der Waals surface area contributed by atoms with Crippen molar-refractivity contribution in [2.75, 3.05) is 36.0 Å². The van der Waals surface area contributed by atoms with Gasteiger partial charge in [-0.1, -0.05) is 67.5 Å². The summed E-state index contributed by atoms with van der Waals surface area (Å²) in [6.07, 6.45) is 4.17. The monoisotopic (exact) mass is 664 g/mol. The van der Waals surface area contributed by atoms with Gasteiger partial charge in [-0.3, -0.25) is 0 Å². The average molecular weight is 665 g/mol. The van der Waals surface area contributed by atoms with Gasteiger partial charge in [-0.15, -0.1) is 0 Å². The summed E-state index contributed by atoms with van der Waals surface area (Å²) in [7, 11) is 0. The van der Waals surface area contributed by atoms with Gasteiger partial charge < -0.3 is 20.0 Å². The number of hydrogen-bond donors (Lipinski definition) is 2. The molecule has 258 valence electrons. The summed E-state index contributed by atoms with van der Waals surface area (Å²) in [5, 5.41) is 26.5. The predicted octanol–water partition coefficient (Wildman–Crippen LogP) is 10.7. The van der Waals surface area contributed by atoms with E-state index in [1.54, 1.807) is 0 Å². The molecule has 4 heteroatoms. The zero-order valence-corrected chi connectivity index (χ0v) is 31.2. The molecule has 5 aromatic rings. The van der Waals surface area contributed by atoms with E-state index in [0.717, 1.165) is 84.5 Å². The number of phenolic OH excluding ortho intramolecular Hbond substituents is 2. The first kappa shape index (κ1) is 31.8. The highest BCUT2D eigenvalue weighted by atomic mass is 16.3. The molecule has 0 spiro atoms. The van der Waals surface area contributed by atoms with Crippen LogP contribution in [0, 0.1) is 21.7 Å². The predicted molar refractivity (Wildman–Crippen MR) is 210 cm³/mol. The second kappa shape index (κ2) is 10.2. The molecule has 0 radical (unpaired) electrons. The molecule has 4 aliphatic rings. The average Bonchev–Trinajstić information content (AvgIpc) is 2.96. The first-order chi connectivity index (χ1) is 23.4. The maximum atomic E-state index is 11.1. The first-order valence-electron chi connectivity index (χ1n) is 18.7. The van der Waals surface area contributed by atoms with Crippen molar-refractivity contribution in [1.29, 1.82) is 0 Å².